The van der Waals surface area contributed by atoms with Crippen molar-refractivity contribution in [3.05, 3.63) is 58.6 Å². The van der Waals surface area contributed by atoms with E-state index >= 15 is 0 Å². The van der Waals surface area contributed by atoms with Crippen LogP contribution < -0.4 is 15.8 Å². The average molecular weight is 382 g/mol. The van der Waals surface area contributed by atoms with Crippen molar-refractivity contribution in [2.45, 2.75) is 18.2 Å². The molecule has 0 unspecified atom stereocenters. The van der Waals surface area contributed by atoms with Gasteiger partial charge in [-0.25, -0.2) is 13.6 Å². The highest BCUT2D eigenvalue weighted by Crippen LogP contribution is 2.22. The zero-order valence-electron chi connectivity index (χ0n) is 13.8. The van der Waals surface area contributed by atoms with Crippen LogP contribution in [0.1, 0.15) is 11.1 Å². The van der Waals surface area contributed by atoms with Crippen LogP contribution in [-0.4, -0.2) is 27.4 Å². The molecule has 0 aliphatic heterocycles. The Morgan fingerprint density at radius 1 is 1.16 bits per heavy atom. The molecule has 0 saturated carbocycles. The molecule has 8 heteroatoms. The summed E-state index contributed by atoms with van der Waals surface area (Å²) in [6, 6.07) is 11.7. The van der Waals surface area contributed by atoms with E-state index in [9.17, 15) is 13.2 Å². The largest absolute Gasteiger partial charge is 0.325 e. The van der Waals surface area contributed by atoms with Crippen molar-refractivity contribution in [2.24, 2.45) is 5.14 Å². The summed E-state index contributed by atoms with van der Waals surface area (Å²) >= 11 is 6.02. The SMILES string of the molecule is Cc1c(Cl)cccc1NC(=O)CNCCc1ccc(S(N)(=O)=O)cc1. The molecule has 0 saturated heterocycles. The van der Waals surface area contributed by atoms with Crippen LogP contribution >= 0.6 is 11.6 Å². The van der Waals surface area contributed by atoms with E-state index < -0.39 is 10.0 Å². The van der Waals surface area contributed by atoms with Gasteiger partial charge in [-0.1, -0.05) is 29.8 Å². The van der Waals surface area contributed by atoms with Crippen molar-refractivity contribution >= 4 is 33.2 Å². The lowest BCUT2D eigenvalue weighted by Gasteiger charge is -2.10. The molecule has 4 N–H and O–H groups in total. The number of hydrogen-bond acceptors (Lipinski definition) is 4. The number of hydrogen-bond donors (Lipinski definition) is 3. The molecule has 0 atom stereocenters. The molecular formula is C17H20ClN3O3S. The molecule has 0 heterocycles. The number of carbonyl (C=O) groups is 1. The molecular weight excluding hydrogens is 362 g/mol. The minimum atomic E-state index is -3.67. The first kappa shape index (κ1) is 19.4. The summed E-state index contributed by atoms with van der Waals surface area (Å²) in [5.41, 5.74) is 2.47. The topological polar surface area (TPSA) is 101 Å². The molecule has 0 bridgehead atoms. The average Bonchev–Trinajstić information content (AvgIpc) is 2.55. The maximum Gasteiger partial charge on any atom is 0.238 e. The van der Waals surface area contributed by atoms with Crippen LogP contribution in [0.2, 0.25) is 5.02 Å². The van der Waals surface area contributed by atoms with Crippen LogP contribution in [0.4, 0.5) is 5.69 Å². The van der Waals surface area contributed by atoms with Gasteiger partial charge in [0.2, 0.25) is 15.9 Å². The summed E-state index contributed by atoms with van der Waals surface area (Å²) < 4.78 is 22.4. The molecule has 0 aliphatic rings. The summed E-state index contributed by atoms with van der Waals surface area (Å²) in [6.07, 6.45) is 0.661. The first-order valence-corrected chi connectivity index (χ1v) is 9.57. The van der Waals surface area contributed by atoms with Crippen molar-refractivity contribution in [3.63, 3.8) is 0 Å². The second-order valence-electron chi connectivity index (χ2n) is 5.58. The Morgan fingerprint density at radius 2 is 1.84 bits per heavy atom. The van der Waals surface area contributed by atoms with Gasteiger partial charge in [0.25, 0.3) is 0 Å². The molecule has 0 radical (unpaired) electrons. The number of halogens is 1. The van der Waals surface area contributed by atoms with E-state index in [0.717, 1.165) is 11.1 Å². The van der Waals surface area contributed by atoms with E-state index in [1.165, 1.54) is 12.1 Å². The number of amides is 1. The number of carbonyl (C=O) groups excluding carboxylic acids is 1. The van der Waals surface area contributed by atoms with Gasteiger partial charge in [-0.15, -0.1) is 0 Å². The van der Waals surface area contributed by atoms with Crippen LogP contribution in [-0.2, 0) is 21.2 Å². The minimum Gasteiger partial charge on any atom is -0.325 e. The van der Waals surface area contributed by atoms with Gasteiger partial charge >= 0.3 is 0 Å². The smallest absolute Gasteiger partial charge is 0.238 e. The predicted molar refractivity (Wildman–Crippen MR) is 99.2 cm³/mol. The standard InChI is InChI=1S/C17H20ClN3O3S/c1-12-15(18)3-2-4-16(12)21-17(22)11-20-10-9-13-5-7-14(8-6-13)25(19,23)24/h2-8,20H,9-11H2,1H3,(H,21,22)(H2,19,23,24). The molecule has 2 aromatic carbocycles. The molecule has 6 nitrogen and oxygen atoms in total. The highest BCUT2D eigenvalue weighted by molar-refractivity contribution is 7.89. The lowest BCUT2D eigenvalue weighted by molar-refractivity contribution is -0.115. The van der Waals surface area contributed by atoms with Gasteiger partial charge in [0, 0.05) is 10.7 Å². The van der Waals surface area contributed by atoms with Gasteiger partial charge in [0.05, 0.1) is 11.4 Å². The molecule has 2 rings (SSSR count). The van der Waals surface area contributed by atoms with Gasteiger partial charge in [-0.05, 0) is 55.3 Å². The Kier molecular flexibility index (Phi) is 6.55. The van der Waals surface area contributed by atoms with Crippen molar-refractivity contribution in [1.82, 2.24) is 5.32 Å². The third-order valence-electron chi connectivity index (χ3n) is 3.67. The molecule has 134 valence electrons. The molecule has 2 aromatic rings. The summed E-state index contributed by atoms with van der Waals surface area (Å²) in [4.78, 5) is 12.0. The maximum atomic E-state index is 11.9. The summed E-state index contributed by atoms with van der Waals surface area (Å²) in [7, 11) is -3.67. The first-order valence-electron chi connectivity index (χ1n) is 7.65. The Morgan fingerprint density at radius 3 is 2.48 bits per heavy atom. The van der Waals surface area contributed by atoms with E-state index in [1.807, 2.05) is 6.92 Å². The number of benzene rings is 2. The molecule has 0 aromatic heterocycles. The van der Waals surface area contributed by atoms with Crippen molar-refractivity contribution in [1.29, 1.82) is 0 Å². The minimum absolute atomic E-state index is 0.0838. The highest BCUT2D eigenvalue weighted by atomic mass is 35.5. The second kappa shape index (κ2) is 8.44. The Bertz CT molecular complexity index is 852. The Hall–Kier alpha value is -1.93. The molecule has 0 spiro atoms. The lowest BCUT2D eigenvalue weighted by atomic mass is 10.1. The quantitative estimate of drug-likeness (QED) is 0.639. The van der Waals surface area contributed by atoms with Crippen molar-refractivity contribution in [2.75, 3.05) is 18.4 Å². The first-order chi connectivity index (χ1) is 11.8. The van der Waals surface area contributed by atoms with Crippen LogP contribution in [0.15, 0.2) is 47.4 Å². The normalized spacial score (nSPS) is 11.3. The summed E-state index contributed by atoms with van der Waals surface area (Å²) in [5, 5.41) is 11.5. The molecule has 0 aliphatic carbocycles. The fourth-order valence-electron chi connectivity index (χ4n) is 2.22. The van der Waals surface area contributed by atoms with Crippen LogP contribution in [0.25, 0.3) is 0 Å². The third-order valence-corrected chi connectivity index (χ3v) is 5.01. The monoisotopic (exact) mass is 381 g/mol. The molecule has 0 fully saturated rings. The van der Waals surface area contributed by atoms with Crippen LogP contribution in [0, 0.1) is 6.92 Å². The summed E-state index contributed by atoms with van der Waals surface area (Å²) in [5.74, 6) is -0.157. The van der Waals surface area contributed by atoms with Gasteiger partial charge < -0.3 is 10.6 Å². The number of nitrogens with two attached hydrogens (primary N) is 1. The van der Waals surface area contributed by atoms with Crippen LogP contribution in [0.5, 0.6) is 0 Å². The van der Waals surface area contributed by atoms with E-state index in [4.69, 9.17) is 16.7 Å². The van der Waals surface area contributed by atoms with Gasteiger partial charge in [-0.2, -0.15) is 0 Å². The Balaban J connectivity index is 1.77. The number of sulfonamides is 1. The lowest BCUT2D eigenvalue weighted by Crippen LogP contribution is -2.29. The number of rotatable bonds is 7. The van der Waals surface area contributed by atoms with E-state index in [0.29, 0.717) is 23.7 Å². The second-order valence-corrected chi connectivity index (χ2v) is 7.54. The zero-order valence-corrected chi connectivity index (χ0v) is 15.3. The molecule has 25 heavy (non-hydrogen) atoms. The summed E-state index contributed by atoms with van der Waals surface area (Å²) in [6.45, 7) is 2.59. The molecule has 1 amide bonds. The van der Waals surface area contributed by atoms with Gasteiger partial charge in [0.15, 0.2) is 0 Å². The number of anilines is 1. The highest BCUT2D eigenvalue weighted by Gasteiger charge is 2.08. The zero-order chi connectivity index (χ0) is 18.4. The van der Waals surface area contributed by atoms with E-state index in [-0.39, 0.29) is 17.3 Å². The van der Waals surface area contributed by atoms with E-state index in [2.05, 4.69) is 10.6 Å². The predicted octanol–water partition coefficient (Wildman–Crippen LogP) is 2.07. The van der Waals surface area contributed by atoms with Crippen molar-refractivity contribution in [3.8, 4) is 0 Å². The Labute approximate surface area is 152 Å². The van der Waals surface area contributed by atoms with Crippen LogP contribution in [0.3, 0.4) is 0 Å². The number of primary sulfonamides is 1. The maximum absolute atomic E-state index is 11.9. The third kappa shape index (κ3) is 5.82. The van der Waals surface area contributed by atoms with Gasteiger partial charge in [0.1, 0.15) is 0 Å². The fraction of sp³-hybridized carbons (Fsp3) is 0.235. The number of nitrogens with one attached hydrogen (secondary N) is 2. The van der Waals surface area contributed by atoms with Gasteiger partial charge in [-0.3, -0.25) is 4.79 Å². The van der Waals surface area contributed by atoms with Crippen molar-refractivity contribution < 1.29 is 13.2 Å². The fourth-order valence-corrected chi connectivity index (χ4v) is 2.91. The van der Waals surface area contributed by atoms with E-state index in [1.54, 1.807) is 30.3 Å².